The molecule has 1 saturated heterocycles. The molecule has 2 aromatic heterocycles. The molecular formula is C18H20N6O2S. The lowest BCUT2D eigenvalue weighted by atomic mass is 10.1. The standard InChI is InChI=1S/C18H20N6O2S/c1-15-5-2-3-6-16(15)22-9-11-23(12-10-22)27(25,26)17-13-19-14-24(17)18-20-7-4-8-21-18/h2-8,13-14H,9-12H2,1H3. The average molecular weight is 384 g/mol. The molecule has 1 aliphatic heterocycles. The second-order valence-corrected chi connectivity index (χ2v) is 8.21. The maximum absolute atomic E-state index is 13.1. The van der Waals surface area contributed by atoms with Crippen LogP contribution in [0.15, 0.2) is 60.3 Å². The molecule has 3 aromatic rings. The van der Waals surface area contributed by atoms with Gasteiger partial charge >= 0.3 is 0 Å². The largest absolute Gasteiger partial charge is 0.369 e. The monoisotopic (exact) mass is 384 g/mol. The van der Waals surface area contributed by atoms with Crippen molar-refractivity contribution in [3.8, 4) is 5.95 Å². The Morgan fingerprint density at radius 2 is 1.67 bits per heavy atom. The molecule has 0 N–H and O–H groups in total. The molecule has 4 rings (SSSR count). The maximum Gasteiger partial charge on any atom is 0.260 e. The molecule has 0 atom stereocenters. The number of hydrogen-bond acceptors (Lipinski definition) is 6. The van der Waals surface area contributed by atoms with Gasteiger partial charge in [0.1, 0.15) is 6.33 Å². The fourth-order valence-electron chi connectivity index (χ4n) is 3.26. The van der Waals surface area contributed by atoms with E-state index in [4.69, 9.17) is 0 Å². The zero-order valence-corrected chi connectivity index (χ0v) is 15.7. The SMILES string of the molecule is Cc1ccccc1N1CCN(S(=O)(=O)c2cncn2-c2ncccn2)CC1. The molecule has 27 heavy (non-hydrogen) atoms. The molecular weight excluding hydrogens is 364 g/mol. The number of imidazole rings is 1. The lowest BCUT2D eigenvalue weighted by Crippen LogP contribution is -2.49. The van der Waals surface area contributed by atoms with E-state index >= 15 is 0 Å². The van der Waals surface area contributed by atoms with Crippen LogP contribution >= 0.6 is 0 Å². The van der Waals surface area contributed by atoms with Crippen molar-refractivity contribution in [2.24, 2.45) is 0 Å². The first-order valence-electron chi connectivity index (χ1n) is 8.68. The van der Waals surface area contributed by atoms with Crippen LogP contribution in [0.3, 0.4) is 0 Å². The summed E-state index contributed by atoms with van der Waals surface area (Å²) in [4.78, 5) is 14.5. The minimum atomic E-state index is -3.69. The summed E-state index contributed by atoms with van der Waals surface area (Å²) in [5.41, 5.74) is 2.34. The number of aryl methyl sites for hydroxylation is 1. The highest BCUT2D eigenvalue weighted by Crippen LogP contribution is 2.24. The van der Waals surface area contributed by atoms with Crippen LogP contribution in [-0.4, -0.2) is 58.4 Å². The van der Waals surface area contributed by atoms with Crippen molar-refractivity contribution in [2.45, 2.75) is 11.9 Å². The Morgan fingerprint density at radius 3 is 2.37 bits per heavy atom. The first-order chi connectivity index (χ1) is 13.1. The maximum atomic E-state index is 13.1. The Morgan fingerprint density at radius 1 is 0.963 bits per heavy atom. The van der Waals surface area contributed by atoms with Gasteiger partial charge in [0.15, 0.2) is 5.03 Å². The highest BCUT2D eigenvalue weighted by Gasteiger charge is 2.32. The van der Waals surface area contributed by atoms with Crippen LogP contribution in [0, 0.1) is 6.92 Å². The quantitative estimate of drug-likeness (QED) is 0.677. The molecule has 8 nitrogen and oxygen atoms in total. The van der Waals surface area contributed by atoms with Crippen molar-refractivity contribution in [3.05, 3.63) is 60.8 Å². The third-order valence-electron chi connectivity index (χ3n) is 4.67. The third kappa shape index (κ3) is 3.31. The number of aromatic nitrogens is 4. The van der Waals surface area contributed by atoms with Gasteiger partial charge in [0.2, 0.25) is 5.95 Å². The number of hydrogen-bond donors (Lipinski definition) is 0. The van der Waals surface area contributed by atoms with E-state index in [0.29, 0.717) is 26.2 Å². The molecule has 0 bridgehead atoms. The van der Waals surface area contributed by atoms with Crippen LogP contribution in [-0.2, 0) is 10.0 Å². The number of nitrogens with zero attached hydrogens (tertiary/aromatic N) is 6. The Hall–Kier alpha value is -2.78. The number of rotatable bonds is 4. The second kappa shape index (κ2) is 7.09. The van der Waals surface area contributed by atoms with E-state index in [2.05, 4.69) is 38.9 Å². The first kappa shape index (κ1) is 17.6. The molecule has 0 amide bonds. The number of para-hydroxylation sites is 1. The van der Waals surface area contributed by atoms with E-state index in [1.165, 1.54) is 27.0 Å². The van der Waals surface area contributed by atoms with Crippen LogP contribution in [0.5, 0.6) is 0 Å². The predicted octanol–water partition coefficient (Wildman–Crippen LogP) is 1.48. The zero-order valence-electron chi connectivity index (χ0n) is 14.9. The third-order valence-corrected chi connectivity index (χ3v) is 6.55. The van der Waals surface area contributed by atoms with E-state index in [-0.39, 0.29) is 11.0 Å². The van der Waals surface area contributed by atoms with E-state index in [1.54, 1.807) is 18.5 Å². The predicted molar refractivity (Wildman–Crippen MR) is 101 cm³/mol. The summed E-state index contributed by atoms with van der Waals surface area (Å²) >= 11 is 0. The topological polar surface area (TPSA) is 84.2 Å². The summed E-state index contributed by atoms with van der Waals surface area (Å²) in [7, 11) is -3.69. The van der Waals surface area contributed by atoms with E-state index < -0.39 is 10.0 Å². The number of anilines is 1. The Labute approximate surface area is 158 Å². The molecule has 0 aliphatic carbocycles. The molecule has 0 spiro atoms. The van der Waals surface area contributed by atoms with Crippen molar-refractivity contribution in [2.75, 3.05) is 31.1 Å². The summed E-state index contributed by atoms with van der Waals surface area (Å²) in [6.45, 7) is 4.17. The molecule has 0 radical (unpaired) electrons. The van der Waals surface area contributed by atoms with Crippen LogP contribution in [0.25, 0.3) is 5.95 Å². The van der Waals surface area contributed by atoms with E-state index in [1.807, 2.05) is 12.1 Å². The van der Waals surface area contributed by atoms with Gasteiger partial charge in [-0.2, -0.15) is 4.31 Å². The van der Waals surface area contributed by atoms with Gasteiger partial charge in [-0.15, -0.1) is 0 Å². The van der Waals surface area contributed by atoms with Crippen LogP contribution < -0.4 is 4.90 Å². The highest BCUT2D eigenvalue weighted by molar-refractivity contribution is 7.89. The van der Waals surface area contributed by atoms with E-state index in [0.717, 1.165) is 5.69 Å². The van der Waals surface area contributed by atoms with E-state index in [9.17, 15) is 8.42 Å². The van der Waals surface area contributed by atoms with Gasteiger partial charge in [0.05, 0.1) is 6.20 Å². The van der Waals surface area contributed by atoms with Gasteiger partial charge in [-0.05, 0) is 24.6 Å². The number of benzene rings is 1. The average Bonchev–Trinajstić information content (AvgIpc) is 3.20. The molecule has 1 fully saturated rings. The molecule has 1 aliphatic rings. The molecule has 9 heteroatoms. The van der Waals surface area contributed by atoms with Crippen LogP contribution in [0.2, 0.25) is 0 Å². The van der Waals surface area contributed by atoms with Gasteiger partial charge < -0.3 is 4.90 Å². The summed E-state index contributed by atoms with van der Waals surface area (Å²) in [6.07, 6.45) is 5.91. The fourth-order valence-corrected chi connectivity index (χ4v) is 4.74. The highest BCUT2D eigenvalue weighted by atomic mass is 32.2. The van der Waals surface area contributed by atoms with Crippen molar-refractivity contribution >= 4 is 15.7 Å². The molecule has 0 unspecified atom stereocenters. The minimum Gasteiger partial charge on any atom is -0.369 e. The summed E-state index contributed by atoms with van der Waals surface area (Å²) < 4.78 is 29.2. The number of sulfonamides is 1. The second-order valence-electron chi connectivity index (χ2n) is 6.33. The Kier molecular flexibility index (Phi) is 4.63. The first-order valence-corrected chi connectivity index (χ1v) is 10.1. The van der Waals surface area contributed by atoms with Gasteiger partial charge in [-0.3, -0.25) is 4.57 Å². The number of piperazine rings is 1. The summed E-state index contributed by atoms with van der Waals surface area (Å²) in [6, 6.07) is 9.83. The van der Waals surface area contributed by atoms with Gasteiger partial charge in [0, 0.05) is 44.3 Å². The normalized spacial score (nSPS) is 15.8. The molecule has 0 saturated carbocycles. The molecule has 3 heterocycles. The van der Waals surface area contributed by atoms with Gasteiger partial charge in [-0.25, -0.2) is 23.4 Å². The molecule has 1 aromatic carbocycles. The smallest absolute Gasteiger partial charge is 0.260 e. The minimum absolute atomic E-state index is 0.0815. The van der Waals surface area contributed by atoms with Crippen molar-refractivity contribution < 1.29 is 8.42 Å². The van der Waals surface area contributed by atoms with Crippen LogP contribution in [0.4, 0.5) is 5.69 Å². The summed E-state index contributed by atoms with van der Waals surface area (Å²) in [5.74, 6) is 0.284. The van der Waals surface area contributed by atoms with Gasteiger partial charge in [0.25, 0.3) is 10.0 Å². The van der Waals surface area contributed by atoms with Crippen LogP contribution in [0.1, 0.15) is 5.56 Å². The summed E-state index contributed by atoms with van der Waals surface area (Å²) in [5, 5.41) is 0.0815. The zero-order chi connectivity index (χ0) is 18.9. The lowest BCUT2D eigenvalue weighted by molar-refractivity contribution is 0.382. The van der Waals surface area contributed by atoms with Crippen molar-refractivity contribution in [3.63, 3.8) is 0 Å². The molecule has 140 valence electrons. The lowest BCUT2D eigenvalue weighted by Gasteiger charge is -2.36. The van der Waals surface area contributed by atoms with Crippen molar-refractivity contribution in [1.29, 1.82) is 0 Å². The van der Waals surface area contributed by atoms with Gasteiger partial charge in [-0.1, -0.05) is 18.2 Å². The Bertz CT molecular complexity index is 1030. The van der Waals surface area contributed by atoms with Crippen molar-refractivity contribution in [1.82, 2.24) is 23.8 Å². The fraction of sp³-hybridized carbons (Fsp3) is 0.278. The Balaban J connectivity index is 1.55.